The van der Waals surface area contributed by atoms with Gasteiger partial charge in [0, 0.05) is 22.9 Å². The van der Waals surface area contributed by atoms with Gasteiger partial charge in [0.25, 0.3) is 5.56 Å². The van der Waals surface area contributed by atoms with Gasteiger partial charge in [0.15, 0.2) is 0 Å². The smallest absolute Gasteiger partial charge is 0.261 e. The summed E-state index contributed by atoms with van der Waals surface area (Å²) in [6, 6.07) is 8.67. The zero-order valence-electron chi connectivity index (χ0n) is 25.0. The van der Waals surface area contributed by atoms with Crippen molar-refractivity contribution >= 4 is 39.7 Å². The number of nitrogens with one attached hydrogen (secondary N) is 1. The number of benzene rings is 1. The average Bonchev–Trinajstić information content (AvgIpc) is 3.62. The Hall–Kier alpha value is -4.84. The molecule has 6 aromatic rings. The number of fused-ring (bicyclic) bond motifs is 3. The number of nitrogen functional groups attached to an aromatic ring is 1. The van der Waals surface area contributed by atoms with E-state index in [2.05, 4.69) is 35.7 Å². The van der Waals surface area contributed by atoms with Crippen LogP contribution in [0.4, 0.5) is 11.5 Å². The molecule has 5 aromatic heterocycles. The van der Waals surface area contributed by atoms with Gasteiger partial charge in [-0.05, 0) is 66.9 Å². The average molecular weight is 559 g/mol. The lowest BCUT2D eigenvalue weighted by Crippen LogP contribution is -2.21. The topological polar surface area (TPSA) is 147 Å². The molecule has 0 aliphatic carbocycles. The third-order valence-corrected chi connectivity index (χ3v) is 7.05. The first-order valence-corrected chi connectivity index (χ1v) is 12.7. The van der Waals surface area contributed by atoms with E-state index in [0.29, 0.717) is 38.5 Å². The fourth-order valence-corrected chi connectivity index (χ4v) is 5.08. The summed E-state index contributed by atoms with van der Waals surface area (Å²) in [6.07, 6.45) is 3.33. The van der Waals surface area contributed by atoms with Crippen LogP contribution in [0.15, 0.2) is 47.7 Å². The van der Waals surface area contributed by atoms with Gasteiger partial charge in [-0.1, -0.05) is 17.7 Å². The van der Waals surface area contributed by atoms with Gasteiger partial charge in [-0.3, -0.25) is 13.8 Å². The minimum absolute atomic E-state index is 0.00895. The van der Waals surface area contributed by atoms with E-state index in [1.807, 2.05) is 43.4 Å². The highest BCUT2D eigenvalue weighted by Gasteiger charge is 2.22. The lowest BCUT2D eigenvalue weighted by atomic mass is 10.0. The number of imidazole rings is 1. The van der Waals surface area contributed by atoms with Crippen molar-refractivity contribution in [2.75, 3.05) is 11.1 Å². The van der Waals surface area contributed by atoms with Crippen molar-refractivity contribution in [3.63, 3.8) is 0 Å². The van der Waals surface area contributed by atoms with Crippen LogP contribution >= 0.6 is 11.6 Å². The largest absolute Gasteiger partial charge is 0.383 e. The van der Waals surface area contributed by atoms with Crippen LogP contribution in [0.2, 0.25) is 5.15 Å². The second-order valence-corrected chi connectivity index (χ2v) is 10.0. The Morgan fingerprint density at radius 3 is 2.73 bits per heavy atom. The Morgan fingerprint density at radius 1 is 1.15 bits per heavy atom. The molecule has 1 atom stereocenters. The van der Waals surface area contributed by atoms with Gasteiger partial charge >= 0.3 is 0 Å². The highest BCUT2D eigenvalue weighted by atomic mass is 35.5. The van der Waals surface area contributed by atoms with Crippen molar-refractivity contribution in [3.8, 4) is 22.8 Å². The lowest BCUT2D eigenvalue weighted by molar-refractivity contribution is 0.630. The van der Waals surface area contributed by atoms with Crippen LogP contribution in [0.1, 0.15) is 33.8 Å². The molecule has 13 heteroatoms. The molecule has 0 aliphatic rings. The molecule has 0 bridgehead atoms. The van der Waals surface area contributed by atoms with Crippen LogP contribution in [-0.4, -0.2) is 44.1 Å². The van der Waals surface area contributed by atoms with Gasteiger partial charge in [0.2, 0.25) is 5.82 Å². The quantitative estimate of drug-likeness (QED) is 0.301. The molecule has 0 amide bonds. The number of hydrogen-bond acceptors (Lipinski definition) is 9. The molecule has 5 heterocycles. The maximum absolute atomic E-state index is 13.8. The maximum Gasteiger partial charge on any atom is 0.261 e. The number of pyridine rings is 2. The number of nitrogens with two attached hydrogens (primary N) is 1. The zero-order valence-corrected chi connectivity index (χ0v) is 22.8. The molecule has 3 N–H and O–H groups in total. The van der Waals surface area contributed by atoms with Crippen LogP contribution in [0.5, 0.6) is 0 Å². The van der Waals surface area contributed by atoms with Crippen molar-refractivity contribution in [1.29, 1.82) is 0 Å². The summed E-state index contributed by atoms with van der Waals surface area (Å²) >= 11 is 6.19. The first-order chi connectivity index (χ1) is 20.3. The van der Waals surface area contributed by atoms with E-state index < -0.39 is 6.98 Å². The SMILES string of the molecule is [2H]C([2H])([2H])n1nnc(-c2nc(Cl)ccc2NC(C)c2cc(C)cc3c(=O)n(C)c4c(-c5cnc(N)c(C)c5)ncn4c23)n1. The minimum atomic E-state index is -2.60. The molecule has 1 unspecified atom stereocenters. The normalized spacial score (nSPS) is 13.8. The van der Waals surface area contributed by atoms with E-state index in [1.165, 1.54) is 0 Å². The van der Waals surface area contributed by atoms with Crippen molar-refractivity contribution < 1.29 is 4.11 Å². The molecular formula is C27H26ClN11O. The number of aromatic nitrogens is 9. The monoisotopic (exact) mass is 558 g/mol. The summed E-state index contributed by atoms with van der Waals surface area (Å²) < 4.78 is 26.2. The molecule has 0 spiro atoms. The van der Waals surface area contributed by atoms with Gasteiger partial charge < -0.3 is 11.1 Å². The number of aryl methyl sites for hydroxylation is 4. The Balaban J connectivity index is 1.51. The van der Waals surface area contributed by atoms with E-state index >= 15 is 0 Å². The number of hydrogen-bond donors (Lipinski definition) is 2. The number of anilines is 2. The molecular weight excluding hydrogens is 530 g/mol. The van der Waals surface area contributed by atoms with Crippen molar-refractivity contribution in [1.82, 2.24) is 44.1 Å². The van der Waals surface area contributed by atoms with E-state index in [4.69, 9.17) is 21.4 Å². The summed E-state index contributed by atoms with van der Waals surface area (Å²) in [5.41, 5.74) is 11.6. The molecule has 0 aliphatic heterocycles. The van der Waals surface area contributed by atoms with Gasteiger partial charge in [-0.2, -0.15) is 4.80 Å². The number of rotatable bonds is 5. The first kappa shape index (κ1) is 22.0. The highest BCUT2D eigenvalue weighted by Crippen LogP contribution is 2.33. The summed E-state index contributed by atoms with van der Waals surface area (Å²) in [7, 11) is 1.72. The van der Waals surface area contributed by atoms with E-state index in [-0.39, 0.29) is 28.3 Å². The molecule has 1 aromatic carbocycles. The Labute approximate surface area is 237 Å². The van der Waals surface area contributed by atoms with E-state index in [9.17, 15) is 4.79 Å². The number of nitrogens with zero attached hydrogens (tertiary/aromatic N) is 9. The summed E-state index contributed by atoms with van der Waals surface area (Å²) in [5, 5.41) is 15.7. The number of halogens is 1. The minimum Gasteiger partial charge on any atom is -0.383 e. The van der Waals surface area contributed by atoms with Crippen LogP contribution < -0.4 is 16.6 Å². The first-order valence-electron chi connectivity index (χ1n) is 13.8. The predicted molar refractivity (Wildman–Crippen MR) is 154 cm³/mol. The molecule has 40 heavy (non-hydrogen) atoms. The molecule has 6 rings (SSSR count). The molecule has 0 fully saturated rings. The van der Waals surface area contributed by atoms with Crippen LogP contribution in [0.25, 0.3) is 39.3 Å². The van der Waals surface area contributed by atoms with Crippen molar-refractivity contribution in [2.45, 2.75) is 26.8 Å². The zero-order chi connectivity index (χ0) is 30.8. The van der Waals surface area contributed by atoms with Gasteiger partial charge in [0.1, 0.15) is 34.3 Å². The standard InChI is InChI=1S/C27H26ClN11O/c1-13-8-17(15(3)32-19-6-7-20(28)33-22(19)25-34-36-38(5)35-25)23-18(9-13)27(40)37(4)26-21(31-12-39(23)26)16-10-14(2)24(29)30-11-16/h6-12,15,32H,1-5H3,(H2,29,30)/i5D3. The third-order valence-electron chi connectivity index (χ3n) is 6.84. The Kier molecular flexibility index (Phi) is 5.18. The van der Waals surface area contributed by atoms with E-state index in [1.54, 1.807) is 36.3 Å². The maximum atomic E-state index is 13.8. The second kappa shape index (κ2) is 9.42. The second-order valence-electron chi connectivity index (χ2n) is 9.63. The predicted octanol–water partition coefficient (Wildman–Crippen LogP) is 3.86. The summed E-state index contributed by atoms with van der Waals surface area (Å²) in [6.45, 7) is 3.13. The van der Waals surface area contributed by atoms with Gasteiger partial charge in [-0.15, -0.1) is 10.2 Å². The van der Waals surface area contributed by atoms with E-state index in [0.717, 1.165) is 22.3 Å². The van der Waals surface area contributed by atoms with Crippen molar-refractivity contribution in [3.05, 3.63) is 75.1 Å². The number of tetrazole rings is 1. The Bertz CT molecular complexity index is 2120. The third kappa shape index (κ3) is 4.13. The summed E-state index contributed by atoms with van der Waals surface area (Å²) in [5.74, 6) is 0.418. The van der Waals surface area contributed by atoms with Crippen LogP contribution in [0, 0.1) is 13.8 Å². The molecule has 0 radical (unpaired) electrons. The molecule has 0 saturated heterocycles. The fraction of sp³-hybridized carbons (Fsp3) is 0.222. The molecule has 0 saturated carbocycles. The lowest BCUT2D eigenvalue weighted by Gasteiger charge is -2.21. The molecule has 12 nitrogen and oxygen atoms in total. The van der Waals surface area contributed by atoms with Crippen LogP contribution in [0.3, 0.4) is 0 Å². The fourth-order valence-electron chi connectivity index (χ4n) is 4.93. The molecule has 202 valence electrons. The van der Waals surface area contributed by atoms with Crippen molar-refractivity contribution in [2.24, 2.45) is 14.0 Å². The Morgan fingerprint density at radius 2 is 1.98 bits per heavy atom. The van der Waals surface area contributed by atoms with Gasteiger partial charge in [-0.25, -0.2) is 15.0 Å². The van der Waals surface area contributed by atoms with Crippen LogP contribution in [-0.2, 0) is 14.0 Å². The van der Waals surface area contributed by atoms with Gasteiger partial charge in [0.05, 0.1) is 29.6 Å². The highest BCUT2D eigenvalue weighted by molar-refractivity contribution is 6.29. The summed E-state index contributed by atoms with van der Waals surface area (Å²) in [4.78, 5) is 27.6.